The zero-order chi connectivity index (χ0) is 24.8. The van der Waals surface area contributed by atoms with Crippen LogP contribution in [0.3, 0.4) is 0 Å². The number of benzene rings is 1. The van der Waals surface area contributed by atoms with Crippen LogP contribution in [0.25, 0.3) is 22.2 Å². The van der Waals surface area contributed by atoms with E-state index in [4.69, 9.17) is 9.47 Å². The first-order valence-corrected chi connectivity index (χ1v) is 11.2. The lowest BCUT2D eigenvalue weighted by atomic mass is 9.96. The number of anilines is 1. The second kappa shape index (κ2) is 10.9. The Kier molecular flexibility index (Phi) is 7.47. The Bertz CT molecular complexity index is 1340. The summed E-state index contributed by atoms with van der Waals surface area (Å²) in [6.45, 7) is 3.12. The predicted octanol–water partition coefficient (Wildman–Crippen LogP) is 3.82. The third kappa shape index (κ3) is 5.20. The summed E-state index contributed by atoms with van der Waals surface area (Å²) in [5.74, 6) is 1.21. The second-order valence-electron chi connectivity index (χ2n) is 8.08. The second-order valence-corrected chi connectivity index (χ2v) is 8.08. The van der Waals surface area contributed by atoms with Crippen molar-refractivity contribution in [2.24, 2.45) is 0 Å². The average Bonchev–Trinajstić information content (AvgIpc) is 2.91. The molecule has 35 heavy (non-hydrogen) atoms. The highest BCUT2D eigenvalue weighted by atomic mass is 16.5. The van der Waals surface area contributed by atoms with E-state index in [0.29, 0.717) is 30.4 Å². The summed E-state index contributed by atoms with van der Waals surface area (Å²) in [4.78, 5) is 30.0. The SMILES string of the molecule is CNC(=O)c1ccnc2c(C(C)CNc3cc(-c4cnc(OC)c(COC)c4)ncn3)cccc12. The third-order valence-corrected chi connectivity index (χ3v) is 5.78. The molecule has 1 atom stereocenters. The molecule has 0 aliphatic heterocycles. The Morgan fingerprint density at radius 1 is 1.09 bits per heavy atom. The van der Waals surface area contributed by atoms with Gasteiger partial charge in [-0.15, -0.1) is 0 Å². The molecule has 0 spiro atoms. The molecule has 1 unspecified atom stereocenters. The van der Waals surface area contributed by atoms with Crippen LogP contribution in [0.1, 0.15) is 34.3 Å². The minimum absolute atomic E-state index is 0.112. The molecule has 1 amide bonds. The van der Waals surface area contributed by atoms with Crippen molar-refractivity contribution in [3.63, 3.8) is 0 Å². The molecular weight excluding hydrogens is 444 g/mol. The normalized spacial score (nSPS) is 11.8. The number of fused-ring (bicyclic) bond motifs is 1. The van der Waals surface area contributed by atoms with E-state index < -0.39 is 0 Å². The number of pyridine rings is 2. The molecule has 0 aliphatic carbocycles. The van der Waals surface area contributed by atoms with Gasteiger partial charge in [-0.05, 0) is 17.7 Å². The fourth-order valence-electron chi connectivity index (χ4n) is 3.99. The van der Waals surface area contributed by atoms with E-state index in [9.17, 15) is 4.79 Å². The number of ether oxygens (including phenoxy) is 2. The highest BCUT2D eigenvalue weighted by Gasteiger charge is 2.15. The van der Waals surface area contributed by atoms with Crippen LogP contribution in [-0.2, 0) is 11.3 Å². The van der Waals surface area contributed by atoms with E-state index in [1.807, 2.05) is 30.3 Å². The maximum atomic E-state index is 12.3. The van der Waals surface area contributed by atoms with Crippen molar-refractivity contribution in [2.75, 3.05) is 33.1 Å². The lowest BCUT2D eigenvalue weighted by Gasteiger charge is -2.16. The van der Waals surface area contributed by atoms with Crippen LogP contribution in [-0.4, -0.2) is 53.7 Å². The van der Waals surface area contributed by atoms with Gasteiger partial charge in [0.2, 0.25) is 5.88 Å². The van der Waals surface area contributed by atoms with Crippen molar-refractivity contribution in [3.8, 4) is 17.1 Å². The van der Waals surface area contributed by atoms with E-state index in [2.05, 4.69) is 37.5 Å². The molecular formula is C26H28N6O3. The summed E-state index contributed by atoms with van der Waals surface area (Å²) in [5.41, 5.74) is 4.91. The zero-order valence-electron chi connectivity index (χ0n) is 20.2. The quantitative estimate of drug-likeness (QED) is 0.378. The Balaban J connectivity index is 1.54. The van der Waals surface area contributed by atoms with Crippen molar-refractivity contribution in [3.05, 3.63) is 71.8 Å². The summed E-state index contributed by atoms with van der Waals surface area (Å²) in [7, 11) is 4.84. The van der Waals surface area contributed by atoms with E-state index in [1.54, 1.807) is 39.7 Å². The number of hydrogen-bond acceptors (Lipinski definition) is 8. The molecule has 0 bridgehead atoms. The van der Waals surface area contributed by atoms with Gasteiger partial charge in [0.1, 0.15) is 12.1 Å². The maximum Gasteiger partial charge on any atom is 0.251 e. The van der Waals surface area contributed by atoms with Gasteiger partial charge in [0.15, 0.2) is 0 Å². The molecule has 0 fully saturated rings. The molecule has 3 aromatic heterocycles. The third-order valence-electron chi connectivity index (χ3n) is 5.78. The van der Waals surface area contributed by atoms with E-state index in [0.717, 1.165) is 33.3 Å². The fourth-order valence-corrected chi connectivity index (χ4v) is 3.99. The van der Waals surface area contributed by atoms with Crippen molar-refractivity contribution in [2.45, 2.75) is 19.4 Å². The van der Waals surface area contributed by atoms with Crippen LogP contribution in [0.5, 0.6) is 5.88 Å². The van der Waals surface area contributed by atoms with Crippen LogP contribution >= 0.6 is 0 Å². The highest BCUT2D eigenvalue weighted by Crippen LogP contribution is 2.28. The van der Waals surface area contributed by atoms with Crippen molar-refractivity contribution in [1.82, 2.24) is 25.3 Å². The van der Waals surface area contributed by atoms with Gasteiger partial charge in [-0.25, -0.2) is 15.0 Å². The summed E-state index contributed by atoms with van der Waals surface area (Å²) in [6.07, 6.45) is 4.92. The van der Waals surface area contributed by atoms with Gasteiger partial charge in [-0.2, -0.15) is 0 Å². The van der Waals surface area contributed by atoms with E-state index in [1.165, 1.54) is 6.33 Å². The smallest absolute Gasteiger partial charge is 0.251 e. The summed E-state index contributed by atoms with van der Waals surface area (Å²) >= 11 is 0. The van der Waals surface area contributed by atoms with Gasteiger partial charge >= 0.3 is 0 Å². The molecule has 0 saturated heterocycles. The summed E-state index contributed by atoms with van der Waals surface area (Å²) in [5, 5.41) is 6.93. The number of carbonyl (C=O) groups excluding carboxylic acids is 1. The number of aromatic nitrogens is 4. The predicted molar refractivity (Wildman–Crippen MR) is 135 cm³/mol. The van der Waals surface area contributed by atoms with Crippen LogP contribution in [0, 0.1) is 0 Å². The first-order valence-electron chi connectivity index (χ1n) is 11.2. The van der Waals surface area contributed by atoms with Crippen molar-refractivity contribution < 1.29 is 14.3 Å². The Morgan fingerprint density at radius 2 is 1.94 bits per heavy atom. The van der Waals surface area contributed by atoms with Gasteiger partial charge < -0.3 is 20.1 Å². The molecule has 0 saturated carbocycles. The maximum absolute atomic E-state index is 12.3. The largest absolute Gasteiger partial charge is 0.481 e. The van der Waals surface area contributed by atoms with E-state index in [-0.39, 0.29) is 11.8 Å². The minimum Gasteiger partial charge on any atom is -0.481 e. The minimum atomic E-state index is -0.129. The summed E-state index contributed by atoms with van der Waals surface area (Å²) in [6, 6.07) is 11.5. The lowest BCUT2D eigenvalue weighted by Crippen LogP contribution is -2.18. The van der Waals surface area contributed by atoms with Gasteiger partial charge in [0, 0.05) is 61.6 Å². The average molecular weight is 473 g/mol. The molecule has 1 aromatic carbocycles. The molecule has 180 valence electrons. The number of nitrogens with zero attached hydrogens (tertiary/aromatic N) is 4. The Labute approximate surface area is 204 Å². The van der Waals surface area contributed by atoms with Crippen LogP contribution in [0.4, 0.5) is 5.82 Å². The topological polar surface area (TPSA) is 111 Å². The van der Waals surface area contributed by atoms with Crippen molar-refractivity contribution >= 4 is 22.6 Å². The molecule has 2 N–H and O–H groups in total. The van der Waals surface area contributed by atoms with Crippen LogP contribution in [0.15, 0.2) is 55.1 Å². The Morgan fingerprint density at radius 3 is 2.71 bits per heavy atom. The molecule has 9 nitrogen and oxygen atoms in total. The molecule has 3 heterocycles. The van der Waals surface area contributed by atoms with Gasteiger partial charge in [0.05, 0.1) is 30.5 Å². The monoisotopic (exact) mass is 472 g/mol. The number of hydrogen-bond donors (Lipinski definition) is 2. The molecule has 4 rings (SSSR count). The summed E-state index contributed by atoms with van der Waals surface area (Å²) < 4.78 is 10.6. The first kappa shape index (κ1) is 24.0. The number of methoxy groups -OCH3 is 2. The van der Waals surface area contributed by atoms with Gasteiger partial charge in [-0.1, -0.05) is 25.1 Å². The number of amides is 1. The number of para-hydroxylation sites is 1. The zero-order valence-corrected chi connectivity index (χ0v) is 20.2. The Hall–Kier alpha value is -4.11. The van der Waals surface area contributed by atoms with Crippen LogP contribution < -0.4 is 15.4 Å². The van der Waals surface area contributed by atoms with Crippen molar-refractivity contribution in [1.29, 1.82) is 0 Å². The first-order chi connectivity index (χ1) is 17.0. The molecule has 0 radical (unpaired) electrons. The number of nitrogens with one attached hydrogen (secondary N) is 2. The number of rotatable bonds is 9. The van der Waals surface area contributed by atoms with E-state index >= 15 is 0 Å². The van der Waals surface area contributed by atoms with Crippen LogP contribution in [0.2, 0.25) is 0 Å². The highest BCUT2D eigenvalue weighted by molar-refractivity contribution is 6.06. The van der Waals surface area contributed by atoms with Gasteiger partial charge in [0.25, 0.3) is 5.91 Å². The van der Waals surface area contributed by atoms with Gasteiger partial charge in [-0.3, -0.25) is 9.78 Å². The number of carbonyl (C=O) groups is 1. The fraction of sp³-hybridized carbons (Fsp3) is 0.269. The standard InChI is InChI=1S/C26H28N6O3/c1-16(19-6-5-7-20-21(25(33)27-2)8-9-28-24(19)20)12-29-23-11-22(31-15-32-23)17-10-18(14-34-3)26(35-4)30-13-17/h5-11,13,15-16H,12,14H2,1-4H3,(H,27,33)(H,29,31,32). The molecule has 9 heteroatoms. The lowest BCUT2D eigenvalue weighted by molar-refractivity contribution is 0.0964. The molecule has 4 aromatic rings. The molecule has 0 aliphatic rings.